The largest absolute Gasteiger partial charge is 0.329 e. The van der Waals surface area contributed by atoms with Gasteiger partial charge >= 0.3 is 0 Å². The van der Waals surface area contributed by atoms with Crippen LogP contribution in [0, 0.1) is 12.3 Å². The lowest BCUT2D eigenvalue weighted by molar-refractivity contribution is -0.131. The van der Waals surface area contributed by atoms with Crippen molar-refractivity contribution in [1.82, 2.24) is 9.88 Å². The van der Waals surface area contributed by atoms with Gasteiger partial charge in [-0.25, -0.2) is 0 Å². The molecule has 1 aromatic carbocycles. The molecule has 4 nitrogen and oxygen atoms in total. The number of nitrogens with zero attached hydrogens (tertiary/aromatic N) is 2. The maximum atomic E-state index is 12.8. The third kappa shape index (κ3) is 3.62. The number of ketones is 1. The van der Waals surface area contributed by atoms with Crippen LogP contribution >= 0.6 is 0 Å². The first kappa shape index (κ1) is 18.1. The van der Waals surface area contributed by atoms with Gasteiger partial charge in [0.15, 0.2) is 5.78 Å². The minimum absolute atomic E-state index is 0.0249. The second kappa shape index (κ2) is 7.70. The molecule has 1 aromatic heterocycles. The zero-order chi connectivity index (χ0) is 18.7. The van der Waals surface area contributed by atoms with Crippen molar-refractivity contribution in [3.05, 3.63) is 41.6 Å². The van der Waals surface area contributed by atoms with Crippen molar-refractivity contribution in [1.29, 1.82) is 0 Å². The lowest BCUT2D eigenvalue weighted by Gasteiger charge is -2.20. The van der Waals surface area contributed by atoms with Crippen molar-refractivity contribution in [3.8, 4) is 12.3 Å². The molecule has 0 aliphatic carbocycles. The summed E-state index contributed by atoms with van der Waals surface area (Å²) in [6.07, 6.45) is 9.32. The molecule has 1 atom stereocenters. The summed E-state index contributed by atoms with van der Waals surface area (Å²) >= 11 is 0. The summed E-state index contributed by atoms with van der Waals surface area (Å²) in [6, 6.07) is 7.67. The molecule has 0 N–H and O–H groups in total. The predicted molar refractivity (Wildman–Crippen MR) is 103 cm³/mol. The van der Waals surface area contributed by atoms with Gasteiger partial charge in [-0.3, -0.25) is 14.6 Å². The molecule has 4 heteroatoms. The predicted octanol–water partition coefficient (Wildman–Crippen LogP) is 3.95. The van der Waals surface area contributed by atoms with E-state index in [1.165, 1.54) is 5.56 Å². The highest BCUT2D eigenvalue weighted by molar-refractivity contribution is 6.08. The van der Waals surface area contributed by atoms with Crippen molar-refractivity contribution in [2.45, 2.75) is 51.5 Å². The lowest BCUT2D eigenvalue weighted by Crippen LogP contribution is -2.34. The van der Waals surface area contributed by atoms with E-state index in [-0.39, 0.29) is 30.6 Å². The van der Waals surface area contributed by atoms with E-state index in [0.717, 1.165) is 23.7 Å². The number of Topliss-reactive ketones (excluding diaryl/α,β-unsaturated/α-hetero) is 1. The Morgan fingerprint density at radius 2 is 2.12 bits per heavy atom. The molecule has 0 radical (unpaired) electrons. The van der Waals surface area contributed by atoms with Crippen LogP contribution in [-0.4, -0.2) is 34.2 Å². The van der Waals surface area contributed by atoms with Crippen LogP contribution in [0.4, 0.5) is 0 Å². The molecular formula is C22H24N2O2. The van der Waals surface area contributed by atoms with Gasteiger partial charge in [0.2, 0.25) is 5.91 Å². The normalized spacial score (nSPS) is 16.8. The first-order chi connectivity index (χ1) is 12.5. The molecule has 0 saturated carbocycles. The SMILES string of the molecule is C#C[C@@H]1CCCN1C(=O)CCC(=O)c1ccnc2ccc(C(C)C)cc12. The molecule has 2 aromatic rings. The highest BCUT2D eigenvalue weighted by Crippen LogP contribution is 2.24. The maximum Gasteiger partial charge on any atom is 0.224 e. The Labute approximate surface area is 154 Å². The van der Waals surface area contributed by atoms with Gasteiger partial charge in [-0.2, -0.15) is 0 Å². The van der Waals surface area contributed by atoms with E-state index >= 15 is 0 Å². The van der Waals surface area contributed by atoms with Gasteiger partial charge in [0, 0.05) is 36.5 Å². The molecule has 1 fully saturated rings. The third-order valence-electron chi connectivity index (χ3n) is 5.06. The number of terminal acetylenes is 1. The number of likely N-dealkylation sites (tertiary alicyclic amines) is 1. The summed E-state index contributed by atoms with van der Waals surface area (Å²) in [6.45, 7) is 4.93. The van der Waals surface area contributed by atoms with E-state index < -0.39 is 0 Å². The zero-order valence-corrected chi connectivity index (χ0v) is 15.4. The smallest absolute Gasteiger partial charge is 0.224 e. The first-order valence-electron chi connectivity index (χ1n) is 9.18. The Morgan fingerprint density at radius 3 is 2.85 bits per heavy atom. The number of pyridine rings is 1. The van der Waals surface area contributed by atoms with Gasteiger partial charge in [0.05, 0.1) is 11.6 Å². The van der Waals surface area contributed by atoms with Gasteiger partial charge in [0.25, 0.3) is 0 Å². The summed E-state index contributed by atoms with van der Waals surface area (Å²) < 4.78 is 0. The molecular weight excluding hydrogens is 324 g/mol. The number of amides is 1. The van der Waals surface area contributed by atoms with Crippen molar-refractivity contribution in [3.63, 3.8) is 0 Å². The number of carbonyl (C=O) groups is 2. The lowest BCUT2D eigenvalue weighted by atomic mass is 9.96. The van der Waals surface area contributed by atoms with Crippen LogP contribution in [0.3, 0.4) is 0 Å². The van der Waals surface area contributed by atoms with Crippen LogP contribution in [-0.2, 0) is 4.79 Å². The molecule has 1 aliphatic rings. The molecule has 1 aliphatic heterocycles. The first-order valence-corrected chi connectivity index (χ1v) is 9.18. The minimum Gasteiger partial charge on any atom is -0.329 e. The number of hydrogen-bond donors (Lipinski definition) is 0. The van der Waals surface area contributed by atoms with Gasteiger partial charge in [-0.15, -0.1) is 6.42 Å². The summed E-state index contributed by atoms with van der Waals surface area (Å²) in [7, 11) is 0. The molecule has 134 valence electrons. The Balaban J connectivity index is 1.76. The van der Waals surface area contributed by atoms with Crippen molar-refractivity contribution in [2.24, 2.45) is 0 Å². The molecule has 0 unspecified atom stereocenters. The Morgan fingerprint density at radius 1 is 1.31 bits per heavy atom. The molecule has 0 bridgehead atoms. The topological polar surface area (TPSA) is 50.3 Å². The van der Waals surface area contributed by atoms with Crippen LogP contribution in [0.25, 0.3) is 10.9 Å². The van der Waals surface area contributed by atoms with Crippen molar-refractivity contribution in [2.75, 3.05) is 6.54 Å². The van der Waals surface area contributed by atoms with Crippen LogP contribution in [0.15, 0.2) is 30.5 Å². The number of carbonyl (C=O) groups excluding carboxylic acids is 2. The molecule has 1 amide bonds. The average molecular weight is 348 g/mol. The van der Waals surface area contributed by atoms with Gasteiger partial charge in [-0.1, -0.05) is 25.8 Å². The number of hydrogen-bond acceptors (Lipinski definition) is 3. The van der Waals surface area contributed by atoms with Crippen LogP contribution in [0.5, 0.6) is 0 Å². The van der Waals surface area contributed by atoms with Gasteiger partial charge in [-0.05, 0) is 42.5 Å². The Bertz CT molecular complexity index is 879. The third-order valence-corrected chi connectivity index (χ3v) is 5.06. The van der Waals surface area contributed by atoms with Gasteiger partial charge in [0.1, 0.15) is 0 Å². The quantitative estimate of drug-likeness (QED) is 0.607. The van der Waals surface area contributed by atoms with Crippen molar-refractivity contribution < 1.29 is 9.59 Å². The van der Waals surface area contributed by atoms with E-state index in [2.05, 4.69) is 24.8 Å². The summed E-state index contributed by atoms with van der Waals surface area (Å²) in [5.41, 5.74) is 2.61. The summed E-state index contributed by atoms with van der Waals surface area (Å²) in [5, 5.41) is 0.860. The van der Waals surface area contributed by atoms with Gasteiger partial charge < -0.3 is 4.90 Å². The molecule has 26 heavy (non-hydrogen) atoms. The summed E-state index contributed by atoms with van der Waals surface area (Å²) in [4.78, 5) is 31.3. The Kier molecular flexibility index (Phi) is 5.37. The van der Waals surface area contributed by atoms with E-state index in [0.29, 0.717) is 18.0 Å². The minimum atomic E-state index is -0.118. The highest BCUT2D eigenvalue weighted by Gasteiger charge is 2.27. The maximum absolute atomic E-state index is 12.8. The van der Waals surface area contributed by atoms with Crippen LogP contribution in [0.1, 0.15) is 61.4 Å². The highest BCUT2D eigenvalue weighted by atomic mass is 16.2. The molecule has 3 rings (SSSR count). The number of rotatable bonds is 5. The fraction of sp³-hybridized carbons (Fsp3) is 0.409. The second-order valence-corrected chi connectivity index (χ2v) is 7.12. The summed E-state index contributed by atoms with van der Waals surface area (Å²) in [5.74, 6) is 2.99. The number of fused-ring (bicyclic) bond motifs is 1. The molecule has 1 saturated heterocycles. The van der Waals surface area contributed by atoms with E-state index in [9.17, 15) is 9.59 Å². The van der Waals surface area contributed by atoms with E-state index in [1.54, 1.807) is 17.2 Å². The fourth-order valence-electron chi connectivity index (χ4n) is 3.50. The fourth-order valence-corrected chi connectivity index (χ4v) is 3.50. The standard InChI is InChI=1S/C22H24N2O2/c1-4-17-6-5-13-24(17)22(26)10-9-21(25)18-11-12-23-20-8-7-16(15(2)3)14-19(18)20/h1,7-8,11-12,14-15,17H,5-6,9-10,13H2,2-3H3/t17-/m1/s1. The molecule has 2 heterocycles. The second-order valence-electron chi connectivity index (χ2n) is 7.12. The zero-order valence-electron chi connectivity index (χ0n) is 15.4. The molecule has 0 spiro atoms. The van der Waals surface area contributed by atoms with Crippen LogP contribution in [0.2, 0.25) is 0 Å². The number of benzene rings is 1. The average Bonchev–Trinajstić information content (AvgIpc) is 3.13. The van der Waals surface area contributed by atoms with Crippen LogP contribution < -0.4 is 0 Å². The van der Waals surface area contributed by atoms with E-state index in [1.807, 2.05) is 18.2 Å². The monoisotopic (exact) mass is 348 g/mol. The van der Waals surface area contributed by atoms with Crippen molar-refractivity contribution >= 4 is 22.6 Å². The van der Waals surface area contributed by atoms with E-state index in [4.69, 9.17) is 6.42 Å². The Hall–Kier alpha value is -2.67. The number of aromatic nitrogens is 1.